The predicted octanol–water partition coefficient (Wildman–Crippen LogP) is 3.65. The first-order valence-corrected chi connectivity index (χ1v) is 6.24. The zero-order valence-corrected chi connectivity index (χ0v) is 11.7. The molecule has 1 aromatic carbocycles. The highest BCUT2D eigenvalue weighted by Crippen LogP contribution is 2.25. The smallest absolute Gasteiger partial charge is 0.371 e. The van der Waals surface area contributed by atoms with Crippen molar-refractivity contribution < 1.29 is 19.1 Å². The lowest BCUT2D eigenvalue weighted by Crippen LogP contribution is -2.10. The number of carbonyl (C=O) groups is 2. The van der Waals surface area contributed by atoms with Crippen LogP contribution in [0.25, 0.3) is 0 Å². The lowest BCUT2D eigenvalue weighted by molar-refractivity contribution is 0.0660. The van der Waals surface area contributed by atoms with Crippen molar-refractivity contribution in [2.45, 2.75) is 0 Å². The van der Waals surface area contributed by atoms with Crippen molar-refractivity contribution >= 4 is 45.1 Å². The number of halogens is 2. The van der Waals surface area contributed by atoms with E-state index in [2.05, 4.69) is 21.2 Å². The zero-order chi connectivity index (χ0) is 14.0. The van der Waals surface area contributed by atoms with Crippen LogP contribution in [0.5, 0.6) is 0 Å². The Bertz CT molecular complexity index is 653. The number of hydrogen-bond donors (Lipinski definition) is 2. The van der Waals surface area contributed by atoms with E-state index < -0.39 is 11.9 Å². The fraction of sp³-hybridized carbons (Fsp3) is 0. The molecule has 1 heterocycles. The molecule has 2 aromatic rings. The summed E-state index contributed by atoms with van der Waals surface area (Å²) in [7, 11) is 0. The van der Waals surface area contributed by atoms with E-state index in [1.807, 2.05) is 0 Å². The van der Waals surface area contributed by atoms with E-state index in [9.17, 15) is 9.59 Å². The van der Waals surface area contributed by atoms with Gasteiger partial charge in [0.25, 0.3) is 5.91 Å². The number of amides is 1. The molecule has 0 aliphatic heterocycles. The van der Waals surface area contributed by atoms with Gasteiger partial charge in [-0.1, -0.05) is 11.6 Å². The molecule has 0 unspecified atom stereocenters. The number of nitrogens with one attached hydrogen (secondary N) is 1. The van der Waals surface area contributed by atoms with Gasteiger partial charge in [-0.25, -0.2) is 4.79 Å². The van der Waals surface area contributed by atoms with Crippen molar-refractivity contribution in [1.29, 1.82) is 0 Å². The summed E-state index contributed by atoms with van der Waals surface area (Å²) in [5, 5.41) is 11.8. The van der Waals surface area contributed by atoms with Crippen LogP contribution in [-0.4, -0.2) is 17.0 Å². The van der Waals surface area contributed by atoms with Crippen LogP contribution in [0.4, 0.5) is 5.69 Å². The average Bonchev–Trinajstić information content (AvgIpc) is 2.83. The molecule has 98 valence electrons. The van der Waals surface area contributed by atoms with E-state index in [1.54, 1.807) is 18.2 Å². The standard InChI is InChI=1S/C12H7BrClNO4/c13-7-5-6(1-2-8(7)14)15-11(16)9-3-4-10(19-9)12(17)18/h1-5H,(H,15,16)(H,17,18). The third-order valence-corrected chi connectivity index (χ3v) is 3.43. The quantitative estimate of drug-likeness (QED) is 0.891. The fourth-order valence-corrected chi connectivity index (χ4v) is 1.84. The molecule has 2 N–H and O–H groups in total. The van der Waals surface area contributed by atoms with Crippen LogP contribution < -0.4 is 5.32 Å². The summed E-state index contributed by atoms with van der Waals surface area (Å²) < 4.78 is 5.52. The second-order valence-electron chi connectivity index (χ2n) is 3.55. The Hall–Kier alpha value is -1.79. The molecule has 0 fully saturated rings. The van der Waals surface area contributed by atoms with E-state index in [1.165, 1.54) is 12.1 Å². The molecule has 0 saturated heterocycles. The van der Waals surface area contributed by atoms with Crippen molar-refractivity contribution in [1.82, 2.24) is 0 Å². The minimum Gasteiger partial charge on any atom is -0.475 e. The number of benzene rings is 1. The number of carboxylic acid groups (broad SMARTS) is 1. The maximum Gasteiger partial charge on any atom is 0.371 e. The number of hydrogen-bond acceptors (Lipinski definition) is 3. The number of furan rings is 1. The first-order chi connectivity index (χ1) is 8.97. The summed E-state index contributed by atoms with van der Waals surface area (Å²) in [4.78, 5) is 22.4. The van der Waals surface area contributed by atoms with Crippen LogP contribution in [0.2, 0.25) is 5.02 Å². The Balaban J connectivity index is 2.15. The van der Waals surface area contributed by atoms with Gasteiger partial charge in [0.05, 0.1) is 5.02 Å². The summed E-state index contributed by atoms with van der Waals surface area (Å²) in [5.41, 5.74) is 0.509. The second kappa shape index (κ2) is 5.46. The Morgan fingerprint density at radius 2 is 1.89 bits per heavy atom. The number of aromatic carboxylic acids is 1. The van der Waals surface area contributed by atoms with Gasteiger partial charge in [-0.3, -0.25) is 4.79 Å². The zero-order valence-electron chi connectivity index (χ0n) is 9.31. The molecule has 1 amide bonds. The minimum absolute atomic E-state index is 0.0801. The van der Waals surface area contributed by atoms with Gasteiger partial charge in [-0.2, -0.15) is 0 Å². The van der Waals surface area contributed by atoms with Crippen LogP contribution in [-0.2, 0) is 0 Å². The third kappa shape index (κ3) is 3.15. The number of rotatable bonds is 3. The largest absolute Gasteiger partial charge is 0.475 e. The van der Waals surface area contributed by atoms with Crippen LogP contribution in [0, 0.1) is 0 Å². The van der Waals surface area contributed by atoms with Gasteiger partial charge in [0.15, 0.2) is 5.76 Å². The van der Waals surface area contributed by atoms with E-state index in [0.29, 0.717) is 15.2 Å². The summed E-state index contributed by atoms with van der Waals surface area (Å²) in [5.74, 6) is -2.14. The average molecular weight is 345 g/mol. The predicted molar refractivity (Wildman–Crippen MR) is 72.8 cm³/mol. The Morgan fingerprint density at radius 1 is 1.21 bits per heavy atom. The highest BCUT2D eigenvalue weighted by Gasteiger charge is 2.15. The Morgan fingerprint density at radius 3 is 2.47 bits per heavy atom. The van der Waals surface area contributed by atoms with Crippen molar-refractivity contribution in [3.05, 3.63) is 51.3 Å². The van der Waals surface area contributed by atoms with E-state index >= 15 is 0 Å². The van der Waals surface area contributed by atoms with Crippen molar-refractivity contribution in [2.24, 2.45) is 0 Å². The summed E-state index contributed by atoms with van der Waals surface area (Å²) in [6.07, 6.45) is 0. The Kier molecular flexibility index (Phi) is 3.92. The molecule has 2 rings (SSSR count). The molecule has 0 spiro atoms. The monoisotopic (exact) mass is 343 g/mol. The summed E-state index contributed by atoms with van der Waals surface area (Å²) in [6.45, 7) is 0. The first kappa shape index (κ1) is 13.6. The van der Waals surface area contributed by atoms with Crippen LogP contribution in [0.1, 0.15) is 21.1 Å². The van der Waals surface area contributed by atoms with Crippen molar-refractivity contribution in [3.8, 4) is 0 Å². The SMILES string of the molecule is O=C(O)c1ccc(C(=O)Nc2ccc(Cl)c(Br)c2)o1. The molecule has 0 aliphatic rings. The highest BCUT2D eigenvalue weighted by molar-refractivity contribution is 9.10. The normalized spacial score (nSPS) is 10.2. The maximum absolute atomic E-state index is 11.8. The van der Waals surface area contributed by atoms with Gasteiger partial charge < -0.3 is 14.8 Å². The van der Waals surface area contributed by atoms with Crippen LogP contribution >= 0.6 is 27.5 Å². The van der Waals surface area contributed by atoms with Gasteiger partial charge >= 0.3 is 5.97 Å². The van der Waals surface area contributed by atoms with Gasteiger partial charge in [0.2, 0.25) is 5.76 Å². The lowest BCUT2D eigenvalue weighted by Gasteiger charge is -2.04. The highest BCUT2D eigenvalue weighted by atomic mass is 79.9. The molecule has 5 nitrogen and oxygen atoms in total. The van der Waals surface area contributed by atoms with E-state index in [-0.39, 0.29) is 11.5 Å². The van der Waals surface area contributed by atoms with E-state index in [4.69, 9.17) is 21.1 Å². The molecule has 0 bridgehead atoms. The fourth-order valence-electron chi connectivity index (χ4n) is 1.34. The minimum atomic E-state index is -1.23. The molecular formula is C12H7BrClNO4. The molecule has 19 heavy (non-hydrogen) atoms. The lowest BCUT2D eigenvalue weighted by atomic mass is 10.3. The first-order valence-electron chi connectivity index (χ1n) is 5.07. The molecule has 1 aromatic heterocycles. The van der Waals surface area contributed by atoms with Crippen molar-refractivity contribution in [3.63, 3.8) is 0 Å². The molecule has 0 aliphatic carbocycles. The van der Waals surface area contributed by atoms with Gasteiger partial charge in [0.1, 0.15) is 0 Å². The second-order valence-corrected chi connectivity index (χ2v) is 4.81. The number of carboxylic acids is 1. The summed E-state index contributed by atoms with van der Waals surface area (Å²) in [6, 6.07) is 7.37. The molecule has 0 saturated carbocycles. The maximum atomic E-state index is 11.8. The van der Waals surface area contributed by atoms with Crippen molar-refractivity contribution in [2.75, 3.05) is 5.32 Å². The number of anilines is 1. The molecular weight excluding hydrogens is 337 g/mol. The van der Waals surface area contributed by atoms with Gasteiger partial charge in [-0.05, 0) is 46.3 Å². The Labute approximate surface area is 121 Å². The molecule has 0 atom stereocenters. The van der Waals surface area contributed by atoms with Crippen LogP contribution in [0.15, 0.2) is 39.2 Å². The van der Waals surface area contributed by atoms with Gasteiger partial charge in [-0.15, -0.1) is 0 Å². The molecule has 0 radical (unpaired) electrons. The van der Waals surface area contributed by atoms with Crippen LogP contribution in [0.3, 0.4) is 0 Å². The van der Waals surface area contributed by atoms with E-state index in [0.717, 1.165) is 0 Å². The third-order valence-electron chi connectivity index (χ3n) is 2.22. The molecule has 7 heteroatoms. The summed E-state index contributed by atoms with van der Waals surface area (Å²) >= 11 is 9.06. The topological polar surface area (TPSA) is 79.5 Å². The van der Waals surface area contributed by atoms with Gasteiger partial charge in [0, 0.05) is 10.2 Å². The number of carbonyl (C=O) groups excluding carboxylic acids is 1.